The van der Waals surface area contributed by atoms with Crippen LogP contribution >= 0.6 is 0 Å². The SMILES string of the molecule is CCC(C)(CC(F)(F)F)C(=O)/C(C)=C(\O)C(C)(C)C. The van der Waals surface area contributed by atoms with Crippen molar-refractivity contribution in [1.82, 2.24) is 0 Å². The van der Waals surface area contributed by atoms with Crippen LogP contribution in [0.5, 0.6) is 0 Å². The van der Waals surface area contributed by atoms with Crippen LogP contribution in [0.2, 0.25) is 0 Å². The highest BCUT2D eigenvalue weighted by Gasteiger charge is 2.44. The molecule has 19 heavy (non-hydrogen) atoms. The number of aliphatic hydroxyl groups is 1. The van der Waals surface area contributed by atoms with Crippen molar-refractivity contribution >= 4 is 5.78 Å². The third kappa shape index (κ3) is 4.88. The van der Waals surface area contributed by atoms with E-state index in [0.717, 1.165) is 0 Å². The summed E-state index contributed by atoms with van der Waals surface area (Å²) in [6, 6.07) is 0. The highest BCUT2D eigenvalue weighted by Crippen LogP contribution is 2.39. The number of aliphatic hydroxyl groups excluding tert-OH is 1. The Morgan fingerprint density at radius 2 is 1.53 bits per heavy atom. The number of Topliss-reactive ketones (excluding diaryl/α,β-unsaturated/α-hetero) is 1. The molecule has 0 aromatic rings. The number of rotatable bonds is 4. The summed E-state index contributed by atoms with van der Waals surface area (Å²) >= 11 is 0. The fourth-order valence-electron chi connectivity index (χ4n) is 1.93. The number of allylic oxidation sites excluding steroid dienone is 2. The Bertz CT molecular complexity index is 375. The van der Waals surface area contributed by atoms with Gasteiger partial charge in [0.1, 0.15) is 5.76 Å². The molecule has 2 nitrogen and oxygen atoms in total. The first-order valence-corrected chi connectivity index (χ1v) is 6.26. The van der Waals surface area contributed by atoms with Crippen LogP contribution < -0.4 is 0 Å². The quantitative estimate of drug-likeness (QED) is 0.593. The Labute approximate surface area is 112 Å². The van der Waals surface area contributed by atoms with Crippen molar-refractivity contribution in [3.8, 4) is 0 Å². The molecule has 0 bridgehead atoms. The number of hydrogen-bond donors (Lipinski definition) is 1. The van der Waals surface area contributed by atoms with E-state index in [0.29, 0.717) is 0 Å². The van der Waals surface area contributed by atoms with Gasteiger partial charge in [-0.15, -0.1) is 0 Å². The van der Waals surface area contributed by atoms with Crippen molar-refractivity contribution in [2.24, 2.45) is 10.8 Å². The maximum absolute atomic E-state index is 12.6. The molecule has 5 heteroatoms. The van der Waals surface area contributed by atoms with Gasteiger partial charge in [-0.2, -0.15) is 13.2 Å². The lowest BCUT2D eigenvalue weighted by Gasteiger charge is -2.30. The van der Waals surface area contributed by atoms with E-state index in [2.05, 4.69) is 0 Å². The predicted molar refractivity (Wildman–Crippen MR) is 68.9 cm³/mol. The summed E-state index contributed by atoms with van der Waals surface area (Å²) in [6.45, 7) is 9.32. The van der Waals surface area contributed by atoms with Crippen molar-refractivity contribution in [3.05, 3.63) is 11.3 Å². The molecule has 0 aliphatic heterocycles. The van der Waals surface area contributed by atoms with E-state index in [-0.39, 0.29) is 17.8 Å². The van der Waals surface area contributed by atoms with Gasteiger partial charge < -0.3 is 5.11 Å². The molecule has 0 aromatic carbocycles. The summed E-state index contributed by atoms with van der Waals surface area (Å²) in [5.41, 5.74) is -2.17. The summed E-state index contributed by atoms with van der Waals surface area (Å²) in [7, 11) is 0. The number of carbonyl (C=O) groups excluding carboxylic acids is 1. The van der Waals surface area contributed by atoms with Gasteiger partial charge in [0.2, 0.25) is 0 Å². The maximum atomic E-state index is 12.6. The average molecular weight is 280 g/mol. The molecule has 0 aliphatic carbocycles. The van der Waals surface area contributed by atoms with Crippen molar-refractivity contribution in [3.63, 3.8) is 0 Å². The summed E-state index contributed by atoms with van der Waals surface area (Å²) in [5, 5.41) is 9.96. The Kier molecular flexibility index (Phi) is 5.26. The Hall–Kier alpha value is -1.00. The Morgan fingerprint density at radius 1 is 1.11 bits per heavy atom. The lowest BCUT2D eigenvalue weighted by Crippen LogP contribution is -2.34. The zero-order valence-electron chi connectivity index (χ0n) is 12.4. The van der Waals surface area contributed by atoms with Crippen LogP contribution in [-0.4, -0.2) is 17.1 Å². The standard InChI is InChI=1S/C14H23F3O2/c1-7-13(6,8-14(15,16)17)11(19)9(2)10(18)12(3,4)5/h18H,7-8H2,1-6H3/b10-9-. The predicted octanol–water partition coefficient (Wildman–Crippen LogP) is 4.80. The molecule has 0 aliphatic rings. The fourth-order valence-corrected chi connectivity index (χ4v) is 1.93. The first-order valence-electron chi connectivity index (χ1n) is 6.26. The summed E-state index contributed by atoms with van der Waals surface area (Å²) < 4.78 is 37.7. The number of carbonyl (C=O) groups is 1. The normalized spacial score (nSPS) is 17.7. The monoisotopic (exact) mass is 280 g/mol. The van der Waals surface area contributed by atoms with Crippen LogP contribution in [0.15, 0.2) is 11.3 Å². The van der Waals surface area contributed by atoms with E-state index in [1.54, 1.807) is 27.7 Å². The molecule has 112 valence electrons. The van der Waals surface area contributed by atoms with Gasteiger partial charge in [0.15, 0.2) is 5.78 Å². The smallest absolute Gasteiger partial charge is 0.390 e. The molecular formula is C14H23F3O2. The summed E-state index contributed by atoms with van der Waals surface area (Å²) in [5.74, 6) is -0.793. The van der Waals surface area contributed by atoms with E-state index >= 15 is 0 Å². The molecule has 0 amide bonds. The molecule has 0 fully saturated rings. The highest BCUT2D eigenvalue weighted by atomic mass is 19.4. The molecule has 0 rings (SSSR count). The summed E-state index contributed by atoms with van der Waals surface area (Å²) in [6.07, 6.45) is -5.51. The minimum Gasteiger partial charge on any atom is -0.511 e. The van der Waals surface area contributed by atoms with E-state index < -0.39 is 29.2 Å². The van der Waals surface area contributed by atoms with Crippen LogP contribution in [0.3, 0.4) is 0 Å². The van der Waals surface area contributed by atoms with Crippen molar-refractivity contribution in [2.75, 3.05) is 0 Å². The molecule has 0 aromatic heterocycles. The minimum absolute atomic E-state index is 0.0149. The molecule has 0 radical (unpaired) electrons. The van der Waals surface area contributed by atoms with Gasteiger partial charge in [-0.3, -0.25) is 4.79 Å². The maximum Gasteiger partial charge on any atom is 0.390 e. The number of halogens is 3. The first-order chi connectivity index (χ1) is 8.24. The molecule has 1 atom stereocenters. The second kappa shape index (κ2) is 5.55. The molecule has 0 heterocycles. The second-order valence-corrected chi connectivity index (χ2v) is 6.26. The minimum atomic E-state index is -4.40. The fraction of sp³-hybridized carbons (Fsp3) is 0.786. The van der Waals surface area contributed by atoms with Crippen molar-refractivity contribution in [1.29, 1.82) is 0 Å². The van der Waals surface area contributed by atoms with Crippen LogP contribution in [0.4, 0.5) is 13.2 Å². The van der Waals surface area contributed by atoms with E-state index in [1.165, 1.54) is 13.8 Å². The van der Waals surface area contributed by atoms with Crippen molar-refractivity contribution in [2.45, 2.75) is 60.6 Å². The van der Waals surface area contributed by atoms with E-state index in [4.69, 9.17) is 0 Å². The molecule has 1 N–H and O–H groups in total. The number of alkyl halides is 3. The third-order valence-corrected chi connectivity index (χ3v) is 3.33. The molecular weight excluding hydrogens is 257 g/mol. The van der Waals surface area contributed by atoms with E-state index in [9.17, 15) is 23.1 Å². The van der Waals surface area contributed by atoms with Crippen LogP contribution in [0.25, 0.3) is 0 Å². The lowest BCUT2D eigenvalue weighted by atomic mass is 9.75. The number of hydrogen-bond acceptors (Lipinski definition) is 2. The lowest BCUT2D eigenvalue weighted by molar-refractivity contribution is -0.164. The topological polar surface area (TPSA) is 37.3 Å². The van der Waals surface area contributed by atoms with Gasteiger partial charge in [0.05, 0.1) is 6.42 Å². The largest absolute Gasteiger partial charge is 0.511 e. The van der Waals surface area contributed by atoms with Gasteiger partial charge in [0.25, 0.3) is 0 Å². The zero-order chi connectivity index (χ0) is 15.6. The zero-order valence-corrected chi connectivity index (χ0v) is 12.4. The Balaban J connectivity index is 5.49. The van der Waals surface area contributed by atoms with Crippen molar-refractivity contribution < 1.29 is 23.1 Å². The van der Waals surface area contributed by atoms with Gasteiger partial charge >= 0.3 is 6.18 Å². The van der Waals surface area contributed by atoms with Gasteiger partial charge in [0, 0.05) is 16.4 Å². The van der Waals surface area contributed by atoms with Crippen LogP contribution in [0.1, 0.15) is 54.4 Å². The Morgan fingerprint density at radius 3 is 1.79 bits per heavy atom. The van der Waals surface area contributed by atoms with Crippen LogP contribution in [0, 0.1) is 10.8 Å². The van der Waals surface area contributed by atoms with E-state index in [1.807, 2.05) is 0 Å². The molecule has 1 unspecified atom stereocenters. The van der Waals surface area contributed by atoms with Crippen LogP contribution in [-0.2, 0) is 4.79 Å². The van der Waals surface area contributed by atoms with Gasteiger partial charge in [-0.05, 0) is 13.3 Å². The highest BCUT2D eigenvalue weighted by molar-refractivity contribution is 5.99. The first kappa shape index (κ1) is 18.0. The molecule has 0 spiro atoms. The number of ketones is 1. The second-order valence-electron chi connectivity index (χ2n) is 6.26. The van der Waals surface area contributed by atoms with Gasteiger partial charge in [-0.1, -0.05) is 34.6 Å². The third-order valence-electron chi connectivity index (χ3n) is 3.33. The molecule has 0 saturated heterocycles. The van der Waals surface area contributed by atoms with Gasteiger partial charge in [-0.25, -0.2) is 0 Å². The average Bonchev–Trinajstić information content (AvgIpc) is 2.22. The summed E-state index contributed by atoms with van der Waals surface area (Å²) in [4.78, 5) is 12.2. The molecule has 0 saturated carbocycles.